The second kappa shape index (κ2) is 6.89. The van der Waals surface area contributed by atoms with Crippen molar-refractivity contribution in [3.8, 4) is 0 Å². The highest BCUT2D eigenvalue weighted by Crippen LogP contribution is 2.12. The third-order valence-corrected chi connectivity index (χ3v) is 2.65. The molecular formula is C13H20ClNO. The van der Waals surface area contributed by atoms with Crippen LogP contribution in [0.3, 0.4) is 0 Å². The number of halogens is 1. The second-order valence-corrected chi connectivity index (χ2v) is 4.69. The Bertz CT molecular complexity index is 317. The predicted molar refractivity (Wildman–Crippen MR) is 69.1 cm³/mol. The normalized spacial score (nSPS) is 14.8. The van der Waals surface area contributed by atoms with Crippen LogP contribution in [0.2, 0.25) is 5.02 Å². The van der Waals surface area contributed by atoms with Gasteiger partial charge in [0.25, 0.3) is 0 Å². The fraction of sp³-hybridized carbons (Fsp3) is 0.538. The molecule has 2 atom stereocenters. The summed E-state index contributed by atoms with van der Waals surface area (Å²) in [5, 5.41) is 4.28. The van der Waals surface area contributed by atoms with Gasteiger partial charge in [0, 0.05) is 24.2 Å². The van der Waals surface area contributed by atoms with Crippen molar-refractivity contribution in [3.63, 3.8) is 0 Å². The summed E-state index contributed by atoms with van der Waals surface area (Å²) in [5.74, 6) is 0. The van der Waals surface area contributed by atoms with Gasteiger partial charge in [-0.05, 0) is 38.0 Å². The molecule has 1 rings (SSSR count). The lowest BCUT2D eigenvalue weighted by atomic mass is 10.1. The fourth-order valence-corrected chi connectivity index (χ4v) is 2.07. The molecule has 0 fully saturated rings. The van der Waals surface area contributed by atoms with Crippen molar-refractivity contribution < 1.29 is 4.74 Å². The fourth-order valence-electron chi connectivity index (χ4n) is 1.86. The van der Waals surface area contributed by atoms with Crippen LogP contribution in [0.15, 0.2) is 24.3 Å². The molecule has 0 aromatic heterocycles. The second-order valence-electron chi connectivity index (χ2n) is 4.26. The Labute approximate surface area is 103 Å². The molecule has 1 aromatic rings. The first-order valence-corrected chi connectivity index (χ1v) is 5.99. The molecule has 0 amide bonds. The van der Waals surface area contributed by atoms with Crippen LogP contribution >= 0.6 is 11.6 Å². The van der Waals surface area contributed by atoms with Crippen molar-refractivity contribution in [2.24, 2.45) is 0 Å². The van der Waals surface area contributed by atoms with E-state index in [0.29, 0.717) is 12.1 Å². The minimum atomic E-state index is 0.374. The molecule has 90 valence electrons. The molecule has 16 heavy (non-hydrogen) atoms. The first-order chi connectivity index (χ1) is 7.61. The zero-order chi connectivity index (χ0) is 12.0. The number of hydrogen-bond acceptors (Lipinski definition) is 2. The first-order valence-electron chi connectivity index (χ1n) is 5.61. The molecule has 0 radical (unpaired) electrons. The van der Waals surface area contributed by atoms with Gasteiger partial charge in [0.05, 0.1) is 6.61 Å². The smallest absolute Gasteiger partial charge is 0.0613 e. The lowest BCUT2D eigenvalue weighted by Crippen LogP contribution is -2.38. The molecule has 2 nitrogen and oxygen atoms in total. The van der Waals surface area contributed by atoms with Crippen LogP contribution in [0.1, 0.15) is 19.4 Å². The number of benzene rings is 1. The monoisotopic (exact) mass is 241 g/mol. The van der Waals surface area contributed by atoms with Gasteiger partial charge in [-0.3, -0.25) is 0 Å². The molecule has 1 aromatic carbocycles. The van der Waals surface area contributed by atoms with Crippen molar-refractivity contribution >= 4 is 11.6 Å². The summed E-state index contributed by atoms with van der Waals surface area (Å²) in [6.45, 7) is 5.03. The van der Waals surface area contributed by atoms with Gasteiger partial charge >= 0.3 is 0 Å². The van der Waals surface area contributed by atoms with Gasteiger partial charge in [-0.15, -0.1) is 0 Å². The molecule has 0 saturated heterocycles. The quantitative estimate of drug-likeness (QED) is 0.827. The summed E-state index contributed by atoms with van der Waals surface area (Å²) >= 11 is 5.94. The summed E-state index contributed by atoms with van der Waals surface area (Å²) in [5.41, 5.74) is 1.26. The molecule has 0 aliphatic carbocycles. The molecular weight excluding hydrogens is 222 g/mol. The number of nitrogens with one attached hydrogen (secondary N) is 1. The number of ether oxygens (including phenoxy) is 1. The van der Waals surface area contributed by atoms with Crippen LogP contribution in [0, 0.1) is 0 Å². The van der Waals surface area contributed by atoms with Crippen LogP contribution < -0.4 is 5.32 Å². The molecule has 0 spiro atoms. The van der Waals surface area contributed by atoms with Gasteiger partial charge in [-0.25, -0.2) is 0 Å². The number of methoxy groups -OCH3 is 1. The average molecular weight is 242 g/mol. The Hall–Kier alpha value is -0.570. The van der Waals surface area contributed by atoms with Crippen LogP contribution in [0.25, 0.3) is 0 Å². The first kappa shape index (κ1) is 13.5. The number of hydrogen-bond donors (Lipinski definition) is 1. The minimum Gasteiger partial charge on any atom is -0.383 e. The summed E-state index contributed by atoms with van der Waals surface area (Å²) in [6, 6.07) is 8.80. The summed E-state index contributed by atoms with van der Waals surface area (Å²) < 4.78 is 5.09. The summed E-state index contributed by atoms with van der Waals surface area (Å²) in [7, 11) is 1.72. The van der Waals surface area contributed by atoms with Crippen LogP contribution in [0.5, 0.6) is 0 Å². The minimum absolute atomic E-state index is 0.374. The lowest BCUT2D eigenvalue weighted by molar-refractivity contribution is 0.167. The predicted octanol–water partition coefficient (Wildman–Crippen LogP) is 2.90. The van der Waals surface area contributed by atoms with Gasteiger partial charge in [0.15, 0.2) is 0 Å². The Kier molecular flexibility index (Phi) is 5.81. The molecule has 0 saturated carbocycles. The highest BCUT2D eigenvalue weighted by Gasteiger charge is 2.07. The van der Waals surface area contributed by atoms with E-state index in [-0.39, 0.29) is 0 Å². The third kappa shape index (κ3) is 4.97. The SMILES string of the molecule is COCC(C)NC(C)Cc1cccc(Cl)c1. The van der Waals surface area contributed by atoms with Crippen molar-refractivity contribution in [1.82, 2.24) is 5.32 Å². The molecule has 0 heterocycles. The topological polar surface area (TPSA) is 21.3 Å². The molecule has 2 unspecified atom stereocenters. The van der Waals surface area contributed by atoms with E-state index in [1.54, 1.807) is 7.11 Å². The van der Waals surface area contributed by atoms with Crippen LogP contribution in [0.4, 0.5) is 0 Å². The molecule has 3 heteroatoms. The van der Waals surface area contributed by atoms with Crippen molar-refractivity contribution in [1.29, 1.82) is 0 Å². The maximum Gasteiger partial charge on any atom is 0.0613 e. The van der Waals surface area contributed by atoms with Crippen molar-refractivity contribution in [2.45, 2.75) is 32.4 Å². The maximum atomic E-state index is 5.94. The van der Waals surface area contributed by atoms with E-state index in [1.165, 1.54) is 5.56 Å². The summed E-state index contributed by atoms with van der Waals surface area (Å²) in [4.78, 5) is 0. The van der Waals surface area contributed by atoms with Gasteiger partial charge in [-0.2, -0.15) is 0 Å². The van der Waals surface area contributed by atoms with E-state index < -0.39 is 0 Å². The lowest BCUT2D eigenvalue weighted by Gasteiger charge is -2.19. The Morgan fingerprint density at radius 1 is 1.31 bits per heavy atom. The highest BCUT2D eigenvalue weighted by atomic mass is 35.5. The molecule has 0 aliphatic rings. The highest BCUT2D eigenvalue weighted by molar-refractivity contribution is 6.30. The molecule has 0 aliphatic heterocycles. The Morgan fingerprint density at radius 2 is 2.06 bits per heavy atom. The van der Waals surface area contributed by atoms with Crippen LogP contribution in [-0.2, 0) is 11.2 Å². The van der Waals surface area contributed by atoms with Gasteiger partial charge in [0.2, 0.25) is 0 Å². The van der Waals surface area contributed by atoms with Crippen molar-refractivity contribution in [3.05, 3.63) is 34.9 Å². The largest absolute Gasteiger partial charge is 0.383 e. The van der Waals surface area contributed by atoms with E-state index >= 15 is 0 Å². The molecule has 1 N–H and O–H groups in total. The summed E-state index contributed by atoms with van der Waals surface area (Å²) in [6.07, 6.45) is 0.981. The van der Waals surface area contributed by atoms with E-state index in [9.17, 15) is 0 Å². The van der Waals surface area contributed by atoms with Crippen LogP contribution in [-0.4, -0.2) is 25.8 Å². The Balaban J connectivity index is 2.42. The standard InChI is InChI=1S/C13H20ClNO/c1-10(15-11(2)9-16-3)7-12-5-4-6-13(14)8-12/h4-6,8,10-11,15H,7,9H2,1-3H3. The molecule has 0 bridgehead atoms. The van der Waals surface area contributed by atoms with E-state index in [4.69, 9.17) is 16.3 Å². The zero-order valence-electron chi connectivity index (χ0n) is 10.2. The number of rotatable bonds is 6. The maximum absolute atomic E-state index is 5.94. The Morgan fingerprint density at radius 3 is 2.69 bits per heavy atom. The van der Waals surface area contributed by atoms with Gasteiger partial charge < -0.3 is 10.1 Å². The average Bonchev–Trinajstić information content (AvgIpc) is 2.17. The van der Waals surface area contributed by atoms with E-state index in [0.717, 1.165) is 18.1 Å². The van der Waals surface area contributed by atoms with E-state index in [2.05, 4.69) is 25.2 Å². The van der Waals surface area contributed by atoms with E-state index in [1.807, 2.05) is 18.2 Å². The van der Waals surface area contributed by atoms with Gasteiger partial charge in [-0.1, -0.05) is 23.7 Å². The van der Waals surface area contributed by atoms with Gasteiger partial charge in [0.1, 0.15) is 0 Å². The zero-order valence-corrected chi connectivity index (χ0v) is 10.9. The van der Waals surface area contributed by atoms with Crippen molar-refractivity contribution in [2.75, 3.05) is 13.7 Å². The third-order valence-electron chi connectivity index (χ3n) is 2.42.